The zero-order chi connectivity index (χ0) is 13.3. The minimum Gasteiger partial charge on any atom is -0.481 e. The number of hydrogen-bond acceptors (Lipinski definition) is 3. The Balaban J connectivity index is 2.28. The van der Waals surface area contributed by atoms with Crippen molar-refractivity contribution in [3.8, 4) is 0 Å². The van der Waals surface area contributed by atoms with E-state index in [2.05, 4.69) is 23.8 Å². The molecule has 0 amide bonds. The van der Waals surface area contributed by atoms with Crippen LogP contribution >= 0.6 is 0 Å². The second-order valence-electron chi connectivity index (χ2n) is 5.53. The fraction of sp³-hybridized carbons (Fsp3) is 0.643. The first kappa shape index (κ1) is 13.0. The van der Waals surface area contributed by atoms with Crippen LogP contribution in [0.2, 0.25) is 0 Å². The van der Waals surface area contributed by atoms with Gasteiger partial charge in [0.25, 0.3) is 0 Å². The van der Waals surface area contributed by atoms with Crippen LogP contribution in [0.3, 0.4) is 0 Å². The average Bonchev–Trinajstić information content (AvgIpc) is 2.27. The first-order valence-corrected chi connectivity index (χ1v) is 6.55. The van der Waals surface area contributed by atoms with Gasteiger partial charge in [0, 0.05) is 17.8 Å². The van der Waals surface area contributed by atoms with Gasteiger partial charge in [-0.15, -0.1) is 0 Å². The van der Waals surface area contributed by atoms with E-state index in [9.17, 15) is 4.79 Å². The monoisotopic (exact) mass is 248 g/mol. The molecule has 0 aliphatic heterocycles. The van der Waals surface area contributed by atoms with Crippen LogP contribution in [0.4, 0.5) is 0 Å². The van der Waals surface area contributed by atoms with E-state index in [1.54, 1.807) is 0 Å². The molecule has 0 saturated heterocycles. The third-order valence-electron chi connectivity index (χ3n) is 3.47. The molecule has 1 heterocycles. The highest BCUT2D eigenvalue weighted by molar-refractivity contribution is 5.71. The largest absolute Gasteiger partial charge is 0.481 e. The second kappa shape index (κ2) is 5.04. The van der Waals surface area contributed by atoms with Gasteiger partial charge in [0.05, 0.1) is 5.92 Å². The van der Waals surface area contributed by atoms with Gasteiger partial charge < -0.3 is 5.11 Å². The highest BCUT2D eigenvalue weighted by Gasteiger charge is 2.27. The minimum atomic E-state index is -0.702. The summed E-state index contributed by atoms with van der Waals surface area (Å²) in [6.45, 7) is 6.27. The number of aryl methyl sites for hydroxylation is 2. The second-order valence-corrected chi connectivity index (χ2v) is 5.53. The van der Waals surface area contributed by atoms with Crippen molar-refractivity contribution >= 4 is 5.97 Å². The van der Waals surface area contributed by atoms with Crippen molar-refractivity contribution in [2.45, 2.75) is 46.5 Å². The van der Waals surface area contributed by atoms with Gasteiger partial charge in [-0.3, -0.25) is 4.79 Å². The summed E-state index contributed by atoms with van der Waals surface area (Å²) in [6, 6.07) is 0. The van der Waals surface area contributed by atoms with Crippen LogP contribution in [0.1, 0.15) is 43.0 Å². The van der Waals surface area contributed by atoms with Gasteiger partial charge in [0.1, 0.15) is 5.82 Å². The van der Waals surface area contributed by atoms with E-state index in [1.807, 2.05) is 6.92 Å². The van der Waals surface area contributed by atoms with Crippen LogP contribution in [0.25, 0.3) is 0 Å². The molecular weight excluding hydrogens is 228 g/mol. The number of fused-ring (bicyclic) bond motifs is 1. The van der Waals surface area contributed by atoms with Gasteiger partial charge in [0.15, 0.2) is 0 Å². The van der Waals surface area contributed by atoms with E-state index in [4.69, 9.17) is 5.11 Å². The number of carbonyl (C=O) groups is 1. The molecule has 1 aliphatic carbocycles. The maximum atomic E-state index is 11.0. The summed E-state index contributed by atoms with van der Waals surface area (Å²) in [6.07, 6.45) is 2.93. The number of aliphatic carboxylic acids is 1. The Morgan fingerprint density at radius 3 is 2.78 bits per heavy atom. The van der Waals surface area contributed by atoms with Crippen LogP contribution in [-0.2, 0) is 24.1 Å². The van der Waals surface area contributed by atoms with Crippen molar-refractivity contribution in [3.05, 3.63) is 22.8 Å². The number of hydrogen-bond donors (Lipinski definition) is 1. The topological polar surface area (TPSA) is 63.1 Å². The molecule has 0 aromatic carbocycles. The summed E-state index contributed by atoms with van der Waals surface area (Å²) in [5.74, 6) is 0.467. The molecule has 18 heavy (non-hydrogen) atoms. The Morgan fingerprint density at radius 2 is 2.17 bits per heavy atom. The maximum Gasteiger partial charge on any atom is 0.306 e. The van der Waals surface area contributed by atoms with Gasteiger partial charge in [-0.05, 0) is 37.7 Å². The van der Waals surface area contributed by atoms with Crippen molar-refractivity contribution in [1.82, 2.24) is 9.97 Å². The number of carboxylic acid groups (broad SMARTS) is 1. The first-order valence-electron chi connectivity index (χ1n) is 6.55. The van der Waals surface area contributed by atoms with Gasteiger partial charge in [-0.1, -0.05) is 13.8 Å². The Hall–Kier alpha value is -1.45. The van der Waals surface area contributed by atoms with E-state index < -0.39 is 5.97 Å². The molecule has 4 nitrogen and oxygen atoms in total. The summed E-state index contributed by atoms with van der Waals surface area (Å²) in [5, 5.41) is 9.09. The highest BCUT2D eigenvalue weighted by Crippen LogP contribution is 2.26. The molecule has 1 N–H and O–H groups in total. The van der Waals surface area contributed by atoms with Crippen molar-refractivity contribution in [1.29, 1.82) is 0 Å². The lowest BCUT2D eigenvalue weighted by Crippen LogP contribution is -2.25. The lowest BCUT2D eigenvalue weighted by Gasteiger charge is -2.22. The predicted molar refractivity (Wildman–Crippen MR) is 68.5 cm³/mol. The van der Waals surface area contributed by atoms with E-state index in [0.29, 0.717) is 18.8 Å². The molecule has 0 fully saturated rings. The van der Waals surface area contributed by atoms with E-state index in [-0.39, 0.29) is 5.92 Å². The number of rotatable bonds is 3. The van der Waals surface area contributed by atoms with E-state index >= 15 is 0 Å². The zero-order valence-corrected chi connectivity index (χ0v) is 11.2. The minimum absolute atomic E-state index is 0.268. The number of aromatic nitrogens is 2. The number of nitrogens with zero attached hydrogens (tertiary/aromatic N) is 2. The maximum absolute atomic E-state index is 11.0. The van der Waals surface area contributed by atoms with E-state index in [1.165, 1.54) is 0 Å². The number of carboxylic acids is 1. The molecule has 2 rings (SSSR count). The summed E-state index contributed by atoms with van der Waals surface area (Å²) < 4.78 is 0. The molecule has 1 aromatic heterocycles. The normalized spacial score (nSPS) is 18.8. The molecule has 0 bridgehead atoms. The fourth-order valence-corrected chi connectivity index (χ4v) is 2.52. The lowest BCUT2D eigenvalue weighted by molar-refractivity contribution is -0.142. The van der Waals surface area contributed by atoms with Gasteiger partial charge in [0.2, 0.25) is 0 Å². The Morgan fingerprint density at radius 1 is 1.44 bits per heavy atom. The van der Waals surface area contributed by atoms with Crippen LogP contribution in [0.5, 0.6) is 0 Å². The smallest absolute Gasteiger partial charge is 0.306 e. The molecule has 1 aromatic rings. The Bertz CT molecular complexity index is 469. The molecule has 0 spiro atoms. The Labute approximate surface area is 107 Å². The molecule has 0 radical (unpaired) electrons. The standard InChI is InChI=1S/C14H20N2O2/c1-8(2)6-13-15-9(3)11-7-10(14(17)18)4-5-12(11)16-13/h8,10H,4-7H2,1-3H3,(H,17,18). The molecule has 1 aliphatic rings. The Kier molecular flexibility index (Phi) is 3.64. The SMILES string of the molecule is Cc1nc(CC(C)C)nc2c1CC(C(=O)O)CC2. The van der Waals surface area contributed by atoms with Crippen LogP contribution in [0, 0.1) is 18.8 Å². The highest BCUT2D eigenvalue weighted by atomic mass is 16.4. The zero-order valence-electron chi connectivity index (χ0n) is 11.2. The van der Waals surface area contributed by atoms with Gasteiger partial charge in [-0.2, -0.15) is 0 Å². The predicted octanol–water partition coefficient (Wildman–Crippen LogP) is 2.17. The summed E-state index contributed by atoms with van der Waals surface area (Å²) in [4.78, 5) is 20.2. The third kappa shape index (κ3) is 2.68. The van der Waals surface area contributed by atoms with Gasteiger partial charge in [-0.25, -0.2) is 9.97 Å². The summed E-state index contributed by atoms with van der Waals surface area (Å²) >= 11 is 0. The first-order chi connectivity index (χ1) is 8.47. The van der Waals surface area contributed by atoms with Crippen LogP contribution in [0.15, 0.2) is 0 Å². The van der Waals surface area contributed by atoms with Crippen molar-refractivity contribution in [3.63, 3.8) is 0 Å². The van der Waals surface area contributed by atoms with Crippen molar-refractivity contribution in [2.24, 2.45) is 11.8 Å². The van der Waals surface area contributed by atoms with Crippen LogP contribution in [-0.4, -0.2) is 21.0 Å². The molecule has 1 unspecified atom stereocenters. The summed E-state index contributed by atoms with van der Waals surface area (Å²) in [5.41, 5.74) is 3.08. The van der Waals surface area contributed by atoms with E-state index in [0.717, 1.165) is 35.6 Å². The van der Waals surface area contributed by atoms with Crippen molar-refractivity contribution in [2.75, 3.05) is 0 Å². The average molecular weight is 248 g/mol. The lowest BCUT2D eigenvalue weighted by atomic mass is 9.86. The fourth-order valence-electron chi connectivity index (χ4n) is 2.52. The molecule has 98 valence electrons. The molecule has 4 heteroatoms. The molecular formula is C14H20N2O2. The van der Waals surface area contributed by atoms with Gasteiger partial charge >= 0.3 is 5.97 Å². The third-order valence-corrected chi connectivity index (χ3v) is 3.47. The van der Waals surface area contributed by atoms with Crippen LogP contribution < -0.4 is 0 Å². The molecule has 1 atom stereocenters. The quantitative estimate of drug-likeness (QED) is 0.890. The van der Waals surface area contributed by atoms with Crippen molar-refractivity contribution < 1.29 is 9.90 Å². The summed E-state index contributed by atoms with van der Waals surface area (Å²) in [7, 11) is 0. The molecule has 0 saturated carbocycles.